The fourth-order valence-electron chi connectivity index (χ4n) is 4.30. The first kappa shape index (κ1) is 21.1. The van der Waals surface area contributed by atoms with Crippen molar-refractivity contribution < 1.29 is 31.7 Å². The first-order valence-electron chi connectivity index (χ1n) is 9.55. The molecule has 0 aromatic rings. The highest BCUT2D eigenvalue weighted by Crippen LogP contribution is 2.30. The van der Waals surface area contributed by atoms with Crippen LogP contribution in [0.2, 0.25) is 0 Å². The third-order valence-electron chi connectivity index (χ3n) is 5.75. The Kier molecular flexibility index (Phi) is 6.20. The predicted octanol–water partition coefficient (Wildman–Crippen LogP) is -1.23. The number of amides is 3. The zero-order valence-electron chi connectivity index (χ0n) is 15.7. The highest BCUT2D eigenvalue weighted by molar-refractivity contribution is 7.99. The van der Waals surface area contributed by atoms with Gasteiger partial charge in [0.2, 0.25) is 0 Å². The molecule has 14 heteroatoms. The Labute approximate surface area is 173 Å². The lowest BCUT2D eigenvalue weighted by molar-refractivity contribution is -0.139. The van der Waals surface area contributed by atoms with Gasteiger partial charge in [0.1, 0.15) is 6.04 Å². The summed E-state index contributed by atoms with van der Waals surface area (Å²) in [5.74, 6) is 1.76. The number of thioether (sulfide) groups is 1. The highest BCUT2D eigenvalue weighted by Gasteiger charge is 2.49. The molecule has 4 atom stereocenters. The summed E-state index contributed by atoms with van der Waals surface area (Å²) in [6.07, 6.45) is 1.66. The summed E-state index contributed by atoms with van der Waals surface area (Å²) in [5, 5.41) is 4.02. The second kappa shape index (κ2) is 8.53. The van der Waals surface area contributed by atoms with Crippen molar-refractivity contribution >= 4 is 34.1 Å². The number of nitrogens with one attached hydrogen (secondary N) is 2. The van der Waals surface area contributed by atoms with Crippen LogP contribution in [-0.2, 0) is 24.3 Å². The van der Waals surface area contributed by atoms with Gasteiger partial charge in [0.25, 0.3) is 5.91 Å². The van der Waals surface area contributed by atoms with Crippen molar-refractivity contribution in [2.24, 2.45) is 0 Å². The summed E-state index contributed by atoms with van der Waals surface area (Å²) in [7, 11) is -4.81. The molecular formula is C15H25N5O7S2. The van der Waals surface area contributed by atoms with Gasteiger partial charge in [0.15, 0.2) is 0 Å². The van der Waals surface area contributed by atoms with Gasteiger partial charge < -0.3 is 10.2 Å². The summed E-state index contributed by atoms with van der Waals surface area (Å²) >= 11 is 1.93. The number of urea groups is 1. The lowest BCUT2D eigenvalue weighted by atomic mass is 10.0. The van der Waals surface area contributed by atoms with Gasteiger partial charge in [-0.2, -0.15) is 13.5 Å². The topological polar surface area (TPSA) is 141 Å². The minimum absolute atomic E-state index is 0.145. The summed E-state index contributed by atoms with van der Waals surface area (Å²) in [5.41, 5.74) is 2.41. The number of hydrogen-bond acceptors (Lipinski definition) is 9. The molecule has 12 nitrogen and oxygen atoms in total. The Balaban J connectivity index is 1.23. The van der Waals surface area contributed by atoms with E-state index in [1.54, 1.807) is 0 Å². The van der Waals surface area contributed by atoms with Crippen molar-refractivity contribution in [1.82, 2.24) is 25.7 Å². The summed E-state index contributed by atoms with van der Waals surface area (Å²) in [6, 6.07) is -1.44. The summed E-state index contributed by atoms with van der Waals surface area (Å²) < 4.78 is 35.0. The molecule has 2 unspecified atom stereocenters. The molecule has 29 heavy (non-hydrogen) atoms. The van der Waals surface area contributed by atoms with Crippen LogP contribution in [0.25, 0.3) is 0 Å². The van der Waals surface area contributed by atoms with E-state index in [2.05, 4.69) is 20.0 Å². The average Bonchev–Trinajstić information content (AvgIpc) is 3.39. The van der Waals surface area contributed by atoms with Crippen molar-refractivity contribution in [3.8, 4) is 0 Å². The normalized spacial score (nSPS) is 32.9. The Morgan fingerprint density at radius 1 is 1.34 bits per heavy atom. The maximum atomic E-state index is 12.5. The Morgan fingerprint density at radius 3 is 2.90 bits per heavy atom. The van der Waals surface area contributed by atoms with Gasteiger partial charge in [-0.15, -0.1) is 16.0 Å². The molecule has 2 bridgehead atoms. The van der Waals surface area contributed by atoms with Gasteiger partial charge in [-0.3, -0.25) is 19.1 Å². The molecule has 0 aromatic heterocycles. The van der Waals surface area contributed by atoms with E-state index in [1.165, 1.54) is 4.90 Å². The van der Waals surface area contributed by atoms with Crippen LogP contribution in [0.15, 0.2) is 0 Å². The zero-order valence-corrected chi connectivity index (χ0v) is 17.4. The molecule has 0 aromatic carbocycles. The first-order valence-corrected chi connectivity index (χ1v) is 12.1. The van der Waals surface area contributed by atoms with Crippen molar-refractivity contribution in [2.75, 3.05) is 37.9 Å². The van der Waals surface area contributed by atoms with Crippen LogP contribution in [0.5, 0.6) is 0 Å². The molecule has 164 valence electrons. The number of nitrogens with zero attached hydrogens (tertiary/aromatic N) is 3. The van der Waals surface area contributed by atoms with Gasteiger partial charge in [0.05, 0.1) is 12.6 Å². The van der Waals surface area contributed by atoms with Crippen molar-refractivity contribution in [3.05, 3.63) is 0 Å². The van der Waals surface area contributed by atoms with E-state index in [-0.39, 0.29) is 12.6 Å². The lowest BCUT2D eigenvalue weighted by Gasteiger charge is -2.29. The smallest absolute Gasteiger partial charge is 0.310 e. The maximum absolute atomic E-state index is 12.5. The van der Waals surface area contributed by atoms with Crippen LogP contribution in [0, 0.1) is 0 Å². The summed E-state index contributed by atoms with van der Waals surface area (Å²) in [6.45, 7) is 2.47. The molecular weight excluding hydrogens is 426 g/mol. The number of carbonyl (C=O) groups is 2. The molecule has 4 heterocycles. The van der Waals surface area contributed by atoms with E-state index in [1.807, 2.05) is 11.8 Å². The van der Waals surface area contributed by atoms with E-state index >= 15 is 0 Å². The van der Waals surface area contributed by atoms with Gasteiger partial charge in [-0.05, 0) is 19.3 Å². The van der Waals surface area contributed by atoms with Crippen molar-refractivity contribution in [2.45, 2.75) is 43.4 Å². The number of piperidine rings is 1. The zero-order chi connectivity index (χ0) is 20.6. The number of hydrogen-bond donors (Lipinski definition) is 3. The molecule has 3 N–H and O–H groups in total. The molecule has 4 fully saturated rings. The van der Waals surface area contributed by atoms with E-state index in [0.29, 0.717) is 30.6 Å². The Hall–Kier alpha value is -1.16. The second-order valence-electron chi connectivity index (χ2n) is 7.63. The predicted molar refractivity (Wildman–Crippen MR) is 102 cm³/mol. The van der Waals surface area contributed by atoms with E-state index in [0.717, 1.165) is 31.1 Å². The minimum atomic E-state index is -4.81. The second-order valence-corrected chi connectivity index (χ2v) is 9.71. The molecule has 4 aliphatic heterocycles. The standard InChI is InChI=1S/C15H25N5O7S2/c21-14(17-26-8-10-5-12(6-16-10)18-3-4-28-9-18)13-2-1-11-7-19(13)15(22)20(11)27-29(23,24)25/h10-13,16H,1-9H2,(H,17,21)(H,23,24,25)/t10-,11?,12-,13?/m1/s1. The van der Waals surface area contributed by atoms with E-state index in [9.17, 15) is 18.0 Å². The fraction of sp³-hybridized carbons (Fsp3) is 0.867. The van der Waals surface area contributed by atoms with Gasteiger partial charge in [-0.25, -0.2) is 10.3 Å². The monoisotopic (exact) mass is 451 g/mol. The quantitative estimate of drug-likeness (QED) is 0.318. The molecule has 0 radical (unpaired) electrons. The van der Waals surface area contributed by atoms with Crippen LogP contribution in [0.1, 0.15) is 19.3 Å². The first-order chi connectivity index (χ1) is 13.8. The van der Waals surface area contributed by atoms with Crippen LogP contribution in [-0.4, -0.2) is 102 Å². The molecule has 4 saturated heterocycles. The number of carbonyl (C=O) groups excluding carboxylic acids is 2. The van der Waals surface area contributed by atoms with Crippen molar-refractivity contribution in [1.29, 1.82) is 0 Å². The SMILES string of the molecule is O=C(NOC[C@H]1C[C@@H](N2CCSC2)CN1)C1CCC2CN1C(=O)N2OS(=O)(=O)O. The van der Waals surface area contributed by atoms with Crippen LogP contribution < -0.4 is 10.8 Å². The Morgan fingerprint density at radius 2 is 2.17 bits per heavy atom. The van der Waals surface area contributed by atoms with Crippen molar-refractivity contribution in [3.63, 3.8) is 0 Å². The van der Waals surface area contributed by atoms with Crippen LogP contribution >= 0.6 is 11.8 Å². The molecule has 4 rings (SSSR count). The Bertz CT molecular complexity index is 747. The average molecular weight is 452 g/mol. The third kappa shape index (κ3) is 4.78. The molecule has 0 saturated carbocycles. The minimum Gasteiger partial charge on any atom is -0.310 e. The van der Waals surface area contributed by atoms with Gasteiger partial charge >= 0.3 is 16.4 Å². The summed E-state index contributed by atoms with van der Waals surface area (Å²) in [4.78, 5) is 33.9. The third-order valence-corrected chi connectivity index (χ3v) is 7.09. The van der Waals surface area contributed by atoms with E-state index in [4.69, 9.17) is 9.39 Å². The lowest BCUT2D eigenvalue weighted by Crippen LogP contribution is -2.50. The molecule has 4 aliphatic rings. The molecule has 3 amide bonds. The number of fused-ring (bicyclic) bond motifs is 2. The van der Waals surface area contributed by atoms with Crippen LogP contribution in [0.3, 0.4) is 0 Å². The number of hydroxylamine groups is 3. The van der Waals surface area contributed by atoms with Crippen LogP contribution in [0.4, 0.5) is 4.79 Å². The van der Waals surface area contributed by atoms with Gasteiger partial charge in [-0.1, -0.05) is 0 Å². The molecule has 0 spiro atoms. The maximum Gasteiger partial charge on any atom is 0.418 e. The number of rotatable bonds is 7. The molecule has 0 aliphatic carbocycles. The largest absolute Gasteiger partial charge is 0.418 e. The van der Waals surface area contributed by atoms with E-state index < -0.39 is 34.4 Å². The highest BCUT2D eigenvalue weighted by atomic mass is 32.3. The fourth-order valence-corrected chi connectivity index (χ4v) is 5.76. The van der Waals surface area contributed by atoms with Gasteiger partial charge in [0, 0.05) is 43.3 Å².